The van der Waals surface area contributed by atoms with Crippen LogP contribution in [0.2, 0.25) is 0 Å². The van der Waals surface area contributed by atoms with E-state index in [1.54, 1.807) is 13.8 Å². The van der Waals surface area contributed by atoms with E-state index in [0.717, 1.165) is 20.8 Å². The maximum Gasteiger partial charge on any atom is 0.303 e. The number of carboxylic acid groups (broad SMARTS) is 1. The number of rotatable bonds is 10. The molecule has 16 nitrogen and oxygen atoms in total. The lowest BCUT2D eigenvalue weighted by molar-refractivity contribution is -0.171. The van der Waals surface area contributed by atoms with E-state index in [4.69, 9.17) is 18.9 Å². The normalized spacial score (nSPS) is 21.4. The monoisotopic (exact) mass is 551 g/mol. The Morgan fingerprint density at radius 3 is 2.31 bits per heavy atom. The van der Waals surface area contributed by atoms with Crippen LogP contribution in [0.3, 0.4) is 0 Å². The van der Waals surface area contributed by atoms with Crippen LogP contribution in [0.15, 0.2) is 11.1 Å². The zero-order chi connectivity index (χ0) is 29.0. The van der Waals surface area contributed by atoms with Gasteiger partial charge < -0.3 is 24.1 Å². The summed E-state index contributed by atoms with van der Waals surface area (Å²) in [6.07, 6.45) is -6.00. The number of H-pyrrole nitrogens is 1. The Morgan fingerprint density at radius 2 is 1.74 bits per heavy atom. The van der Waals surface area contributed by atoms with E-state index in [-0.39, 0.29) is 23.5 Å². The molecule has 3 rings (SSSR count). The minimum Gasteiger partial charge on any atom is -0.481 e. The van der Waals surface area contributed by atoms with Gasteiger partial charge in [-0.25, -0.2) is 4.98 Å². The lowest BCUT2D eigenvalue weighted by atomic mass is 10.0. The number of hydrogen-bond acceptors (Lipinski definition) is 12. The highest BCUT2D eigenvalue weighted by atomic mass is 16.7. The maximum absolute atomic E-state index is 12.7. The third kappa shape index (κ3) is 6.95. The van der Waals surface area contributed by atoms with Crippen molar-refractivity contribution in [2.45, 2.75) is 78.1 Å². The molecule has 5 atom stereocenters. The van der Waals surface area contributed by atoms with Crippen LogP contribution in [0.1, 0.15) is 53.7 Å². The van der Waals surface area contributed by atoms with Crippen LogP contribution in [0, 0.1) is 5.92 Å². The first-order valence-corrected chi connectivity index (χ1v) is 11.9. The number of nitrogens with one attached hydrogen (secondary N) is 2. The number of carboxylic acids is 1. The van der Waals surface area contributed by atoms with Crippen LogP contribution in [0.5, 0.6) is 0 Å². The summed E-state index contributed by atoms with van der Waals surface area (Å²) in [6, 6.07) is 0. The fraction of sp³-hybridized carbons (Fsp3) is 0.565. The molecule has 0 aliphatic carbocycles. The van der Waals surface area contributed by atoms with Crippen molar-refractivity contribution >= 4 is 46.9 Å². The molecule has 0 aromatic carbocycles. The molecule has 3 heterocycles. The van der Waals surface area contributed by atoms with Gasteiger partial charge in [-0.15, -0.1) is 0 Å². The zero-order valence-electron chi connectivity index (χ0n) is 21.8. The number of amides is 1. The fourth-order valence-electron chi connectivity index (χ4n) is 4.03. The van der Waals surface area contributed by atoms with Crippen LogP contribution < -0.4 is 10.9 Å². The predicted octanol–water partition coefficient (Wildman–Crippen LogP) is 0.271. The van der Waals surface area contributed by atoms with Crippen molar-refractivity contribution in [3.05, 3.63) is 16.7 Å². The maximum atomic E-state index is 12.7. The molecule has 1 saturated heterocycles. The van der Waals surface area contributed by atoms with E-state index >= 15 is 0 Å². The molecule has 0 bridgehead atoms. The number of hydrogen-bond donors (Lipinski definition) is 3. The second-order valence-corrected chi connectivity index (χ2v) is 9.10. The zero-order valence-corrected chi connectivity index (χ0v) is 21.8. The molecule has 1 aliphatic rings. The summed E-state index contributed by atoms with van der Waals surface area (Å²) in [6.45, 7) is 6.61. The van der Waals surface area contributed by atoms with Gasteiger partial charge in [-0.05, 0) is 6.42 Å². The Kier molecular flexibility index (Phi) is 9.00. The summed E-state index contributed by atoms with van der Waals surface area (Å²) in [7, 11) is 0. The number of imidazole rings is 1. The van der Waals surface area contributed by atoms with Crippen molar-refractivity contribution in [2.24, 2.45) is 5.92 Å². The van der Waals surface area contributed by atoms with Crippen molar-refractivity contribution in [3.8, 4) is 0 Å². The van der Waals surface area contributed by atoms with Gasteiger partial charge in [0.05, 0.1) is 6.33 Å². The third-order valence-corrected chi connectivity index (χ3v) is 5.63. The number of carbonyl (C=O) groups is 5. The highest BCUT2D eigenvalue weighted by Crippen LogP contribution is 2.38. The Morgan fingerprint density at radius 1 is 1.10 bits per heavy atom. The summed E-state index contributed by atoms with van der Waals surface area (Å²) in [5, 5.41) is 11.7. The molecule has 16 heteroatoms. The third-order valence-electron chi connectivity index (χ3n) is 5.63. The summed E-state index contributed by atoms with van der Waals surface area (Å²) >= 11 is 0. The van der Waals surface area contributed by atoms with E-state index in [1.807, 2.05) is 0 Å². The second kappa shape index (κ2) is 12.0. The number of ether oxygens (including phenoxy) is 4. The van der Waals surface area contributed by atoms with E-state index in [1.165, 1.54) is 10.9 Å². The molecular formula is C23H29N5O11. The van der Waals surface area contributed by atoms with Crippen molar-refractivity contribution in [1.82, 2.24) is 19.5 Å². The van der Waals surface area contributed by atoms with Crippen molar-refractivity contribution in [1.29, 1.82) is 0 Å². The predicted molar refractivity (Wildman–Crippen MR) is 129 cm³/mol. The van der Waals surface area contributed by atoms with Crippen molar-refractivity contribution in [2.75, 3.05) is 5.32 Å². The molecule has 39 heavy (non-hydrogen) atoms. The van der Waals surface area contributed by atoms with Gasteiger partial charge in [-0.2, -0.15) is 4.98 Å². The summed E-state index contributed by atoms with van der Waals surface area (Å²) < 4.78 is 23.5. The van der Waals surface area contributed by atoms with Crippen LogP contribution in [0.25, 0.3) is 11.2 Å². The number of fused-ring (bicyclic) bond motifs is 1. The van der Waals surface area contributed by atoms with Crippen molar-refractivity contribution in [3.63, 3.8) is 0 Å². The summed E-state index contributed by atoms with van der Waals surface area (Å²) in [5.74, 6) is -4.51. The molecule has 1 aliphatic heterocycles. The smallest absolute Gasteiger partial charge is 0.303 e. The molecule has 2 aromatic rings. The van der Waals surface area contributed by atoms with Crippen LogP contribution >= 0.6 is 0 Å². The van der Waals surface area contributed by atoms with Gasteiger partial charge in [-0.3, -0.25) is 43.6 Å². The van der Waals surface area contributed by atoms with E-state index in [2.05, 4.69) is 20.3 Å². The molecule has 1 fully saturated rings. The van der Waals surface area contributed by atoms with Crippen LogP contribution in [0.4, 0.5) is 5.95 Å². The summed E-state index contributed by atoms with van der Waals surface area (Å²) in [5.41, 5.74) is -0.901. The van der Waals surface area contributed by atoms with Gasteiger partial charge in [0.1, 0.15) is 12.2 Å². The van der Waals surface area contributed by atoms with Crippen LogP contribution in [-0.2, 0) is 42.9 Å². The quantitative estimate of drug-likeness (QED) is 0.267. The minimum absolute atomic E-state index is 0.0724. The lowest BCUT2D eigenvalue weighted by Crippen LogP contribution is -2.45. The van der Waals surface area contributed by atoms with Gasteiger partial charge >= 0.3 is 23.9 Å². The van der Waals surface area contributed by atoms with E-state index in [9.17, 15) is 33.9 Å². The second-order valence-electron chi connectivity index (χ2n) is 9.10. The first-order valence-electron chi connectivity index (χ1n) is 11.9. The number of aliphatic carboxylic acids is 1. The molecular weight excluding hydrogens is 522 g/mol. The largest absolute Gasteiger partial charge is 0.481 e. The number of nitrogens with zero attached hydrogens (tertiary/aromatic N) is 3. The van der Waals surface area contributed by atoms with E-state index < -0.39 is 78.3 Å². The standard InChI is InChI=1S/C23H29N5O11/c1-9(2)20(34)26-23-25-19-15(21(35)27-23)24-8-28(19)22-18(38-12(5)31)17(37-11(4)30)16(39-22)13(36-10(3)29)6-7-14(32)33/h8-9,13,16-18,22H,6-7H2,1-5H3,(H,32,33)(H2,25,26,27,34,35)/t13?,16-,17-,18-,22-/m1/s1. The molecule has 0 radical (unpaired) electrons. The van der Waals surface area contributed by atoms with Gasteiger partial charge in [0.2, 0.25) is 11.9 Å². The first-order chi connectivity index (χ1) is 18.3. The van der Waals surface area contributed by atoms with E-state index in [0.29, 0.717) is 0 Å². The first kappa shape index (κ1) is 29.2. The number of carbonyl (C=O) groups excluding carboxylic acids is 4. The molecule has 0 spiro atoms. The van der Waals surface area contributed by atoms with Crippen LogP contribution in [-0.4, -0.2) is 78.8 Å². The number of aromatic nitrogens is 4. The Bertz CT molecular complexity index is 1330. The van der Waals surface area contributed by atoms with Crippen molar-refractivity contribution < 1.29 is 48.0 Å². The molecule has 3 N–H and O–H groups in total. The lowest BCUT2D eigenvalue weighted by Gasteiger charge is -2.27. The molecule has 1 unspecified atom stereocenters. The highest BCUT2D eigenvalue weighted by molar-refractivity contribution is 5.91. The highest BCUT2D eigenvalue weighted by Gasteiger charge is 2.54. The molecule has 1 amide bonds. The molecule has 0 saturated carbocycles. The van der Waals surface area contributed by atoms with Gasteiger partial charge in [-0.1, -0.05) is 13.8 Å². The minimum atomic E-state index is -1.36. The average molecular weight is 552 g/mol. The fourth-order valence-corrected chi connectivity index (χ4v) is 4.03. The number of esters is 3. The molecule has 212 valence electrons. The summed E-state index contributed by atoms with van der Waals surface area (Å²) in [4.78, 5) is 82.7. The van der Waals surface area contributed by atoms with Gasteiger partial charge in [0, 0.05) is 33.1 Å². The molecule has 2 aromatic heterocycles. The topological polar surface area (TPSA) is 218 Å². The Hall–Kier alpha value is -4.34. The number of anilines is 1. The van der Waals surface area contributed by atoms with Gasteiger partial charge in [0.15, 0.2) is 29.6 Å². The average Bonchev–Trinajstić information content (AvgIpc) is 3.37. The van der Waals surface area contributed by atoms with Gasteiger partial charge in [0.25, 0.3) is 5.56 Å². The Balaban J connectivity index is 2.12. The Labute approximate surface area is 221 Å². The SMILES string of the molecule is CC(=O)OC(CCC(=O)O)[C@H]1O[C@@H](n2cnc3c(=O)[nH]c(NC(=O)C(C)C)nc32)[C@H](OC(C)=O)[C@@H]1OC(C)=O. The number of aromatic amines is 1.